The van der Waals surface area contributed by atoms with Crippen LogP contribution < -0.4 is 0 Å². The molecule has 5 heteroatoms. The van der Waals surface area contributed by atoms with E-state index in [2.05, 4.69) is 0 Å². The highest BCUT2D eigenvalue weighted by atomic mass is 16.4. The molecule has 0 aliphatic rings. The predicted molar refractivity (Wildman–Crippen MR) is 57.6 cm³/mol. The van der Waals surface area contributed by atoms with Crippen molar-refractivity contribution in [2.24, 2.45) is 0 Å². The number of aromatic hydroxyl groups is 3. The van der Waals surface area contributed by atoms with Gasteiger partial charge in [-0.3, -0.25) is 0 Å². The van der Waals surface area contributed by atoms with Gasteiger partial charge in [0.05, 0.1) is 0 Å². The van der Waals surface area contributed by atoms with Crippen LogP contribution in [0, 0.1) is 13.8 Å². The molecule has 1 aromatic carbocycles. The molecule has 4 N–H and O–H groups in total. The van der Waals surface area contributed by atoms with Crippen LogP contribution in [-0.4, -0.2) is 26.4 Å². The molecule has 1 rings (SSSR count). The van der Waals surface area contributed by atoms with Gasteiger partial charge in [0.15, 0.2) is 11.5 Å². The van der Waals surface area contributed by atoms with Crippen LogP contribution >= 0.6 is 0 Å². The monoisotopic (exact) mass is 224 g/mol. The van der Waals surface area contributed by atoms with Gasteiger partial charge in [0.1, 0.15) is 0 Å². The fourth-order valence-corrected chi connectivity index (χ4v) is 1.33. The number of aliphatic carboxylic acids is 1. The maximum atomic E-state index is 10.4. The summed E-state index contributed by atoms with van der Waals surface area (Å²) in [4.78, 5) is 10.4. The number of phenolic OH excluding ortho intramolecular Hbond substituents is 3. The van der Waals surface area contributed by atoms with E-state index in [0.717, 1.165) is 6.08 Å². The smallest absolute Gasteiger partial charge is 0.328 e. The van der Waals surface area contributed by atoms with E-state index in [9.17, 15) is 20.1 Å². The fourth-order valence-electron chi connectivity index (χ4n) is 1.33. The van der Waals surface area contributed by atoms with Gasteiger partial charge in [0.25, 0.3) is 0 Å². The number of carbonyl (C=O) groups is 1. The number of carboxylic acids is 1. The third-order valence-corrected chi connectivity index (χ3v) is 2.42. The third-order valence-electron chi connectivity index (χ3n) is 2.42. The van der Waals surface area contributed by atoms with Crippen LogP contribution in [0.15, 0.2) is 6.08 Å². The standard InChI is InChI=1S/C11H12O5/c1-5-6(2)9(14)11(16)10(15)7(5)3-4-8(12)13/h3-4,14-16H,1-2H3,(H,12,13). The second-order valence-corrected chi connectivity index (χ2v) is 3.38. The normalized spacial score (nSPS) is 10.9. The van der Waals surface area contributed by atoms with Crippen LogP contribution in [0.1, 0.15) is 16.7 Å². The van der Waals surface area contributed by atoms with Crippen LogP contribution in [-0.2, 0) is 4.79 Å². The Hall–Kier alpha value is -2.17. The predicted octanol–water partition coefficient (Wildman–Crippen LogP) is 1.52. The van der Waals surface area contributed by atoms with E-state index >= 15 is 0 Å². The molecule has 0 amide bonds. The molecule has 1 aromatic rings. The molecule has 5 nitrogen and oxygen atoms in total. The molecule has 0 heterocycles. The van der Waals surface area contributed by atoms with E-state index in [1.165, 1.54) is 6.08 Å². The molecule has 86 valence electrons. The zero-order chi connectivity index (χ0) is 12.5. The summed E-state index contributed by atoms with van der Waals surface area (Å²) in [5.41, 5.74) is 1.07. The molecule has 0 aliphatic carbocycles. The molecule has 16 heavy (non-hydrogen) atoms. The first-order valence-electron chi connectivity index (χ1n) is 4.51. The maximum Gasteiger partial charge on any atom is 0.328 e. The van der Waals surface area contributed by atoms with E-state index in [1.807, 2.05) is 0 Å². The van der Waals surface area contributed by atoms with E-state index in [-0.39, 0.29) is 5.56 Å². The molecular weight excluding hydrogens is 212 g/mol. The summed E-state index contributed by atoms with van der Waals surface area (Å²) in [5, 5.41) is 36.8. The SMILES string of the molecule is Cc1c(C)c(C=CC(=O)O)c(O)c(O)c1O. The van der Waals surface area contributed by atoms with Crippen LogP contribution in [0.5, 0.6) is 17.2 Å². The Morgan fingerprint density at radius 1 is 1.00 bits per heavy atom. The summed E-state index contributed by atoms with van der Waals surface area (Å²) in [6.45, 7) is 3.16. The van der Waals surface area contributed by atoms with Gasteiger partial charge < -0.3 is 20.4 Å². The second kappa shape index (κ2) is 4.14. The van der Waals surface area contributed by atoms with Gasteiger partial charge in [0.2, 0.25) is 5.75 Å². The van der Waals surface area contributed by atoms with Crippen molar-refractivity contribution in [2.75, 3.05) is 0 Å². The molecular formula is C11H12O5. The minimum atomic E-state index is -1.16. The van der Waals surface area contributed by atoms with Gasteiger partial charge in [-0.05, 0) is 31.1 Å². The Labute approximate surface area is 91.9 Å². The van der Waals surface area contributed by atoms with Crippen molar-refractivity contribution >= 4 is 12.0 Å². The molecule has 0 spiro atoms. The summed E-state index contributed by atoms with van der Waals surface area (Å²) in [7, 11) is 0. The Morgan fingerprint density at radius 2 is 1.56 bits per heavy atom. The Kier molecular flexibility index (Phi) is 3.08. The first kappa shape index (κ1) is 11.9. The summed E-state index contributed by atoms with van der Waals surface area (Å²) in [6, 6.07) is 0. The molecule has 0 fully saturated rings. The molecule has 0 aromatic heterocycles. The molecule has 0 atom stereocenters. The van der Waals surface area contributed by atoms with Gasteiger partial charge in [-0.1, -0.05) is 0 Å². The summed E-state index contributed by atoms with van der Waals surface area (Å²) < 4.78 is 0. The average Bonchev–Trinajstić information content (AvgIpc) is 2.23. The first-order chi connectivity index (χ1) is 7.36. The maximum absolute atomic E-state index is 10.4. The lowest BCUT2D eigenvalue weighted by molar-refractivity contribution is -0.131. The van der Waals surface area contributed by atoms with Crippen molar-refractivity contribution in [1.82, 2.24) is 0 Å². The van der Waals surface area contributed by atoms with E-state index in [1.54, 1.807) is 13.8 Å². The van der Waals surface area contributed by atoms with Gasteiger partial charge in [-0.15, -0.1) is 0 Å². The van der Waals surface area contributed by atoms with E-state index < -0.39 is 23.2 Å². The number of carboxylic acid groups (broad SMARTS) is 1. The van der Waals surface area contributed by atoms with Gasteiger partial charge in [-0.25, -0.2) is 4.79 Å². The largest absolute Gasteiger partial charge is 0.504 e. The summed E-state index contributed by atoms with van der Waals surface area (Å²) in [5.74, 6) is -2.74. The minimum Gasteiger partial charge on any atom is -0.504 e. The van der Waals surface area contributed by atoms with Gasteiger partial charge >= 0.3 is 5.97 Å². The van der Waals surface area contributed by atoms with Crippen LogP contribution in [0.25, 0.3) is 6.08 Å². The number of phenols is 3. The average molecular weight is 224 g/mol. The Bertz CT molecular complexity index is 445. The summed E-state index contributed by atoms with van der Waals surface area (Å²) >= 11 is 0. The van der Waals surface area contributed by atoms with Crippen molar-refractivity contribution in [3.8, 4) is 17.2 Å². The third kappa shape index (κ3) is 1.93. The second-order valence-electron chi connectivity index (χ2n) is 3.38. The number of hydrogen-bond donors (Lipinski definition) is 4. The first-order valence-corrected chi connectivity index (χ1v) is 4.51. The minimum absolute atomic E-state index is 0.176. The van der Waals surface area contributed by atoms with Crippen molar-refractivity contribution in [1.29, 1.82) is 0 Å². The van der Waals surface area contributed by atoms with E-state index in [0.29, 0.717) is 11.1 Å². The molecule has 0 saturated heterocycles. The van der Waals surface area contributed by atoms with Gasteiger partial charge in [-0.2, -0.15) is 0 Å². The van der Waals surface area contributed by atoms with Crippen LogP contribution in [0.4, 0.5) is 0 Å². The van der Waals surface area contributed by atoms with Gasteiger partial charge in [0, 0.05) is 11.6 Å². The lowest BCUT2D eigenvalue weighted by Gasteiger charge is -2.11. The topological polar surface area (TPSA) is 98.0 Å². The highest BCUT2D eigenvalue weighted by Crippen LogP contribution is 2.42. The van der Waals surface area contributed by atoms with Crippen molar-refractivity contribution < 1.29 is 25.2 Å². The molecule has 0 unspecified atom stereocenters. The van der Waals surface area contributed by atoms with E-state index in [4.69, 9.17) is 5.11 Å². The fraction of sp³-hybridized carbons (Fsp3) is 0.182. The zero-order valence-corrected chi connectivity index (χ0v) is 8.85. The van der Waals surface area contributed by atoms with Crippen molar-refractivity contribution in [3.05, 3.63) is 22.8 Å². The number of rotatable bonds is 2. The molecule has 0 bridgehead atoms. The highest BCUT2D eigenvalue weighted by Gasteiger charge is 2.16. The lowest BCUT2D eigenvalue weighted by atomic mass is 10.00. The zero-order valence-electron chi connectivity index (χ0n) is 8.85. The van der Waals surface area contributed by atoms with Crippen LogP contribution in [0.2, 0.25) is 0 Å². The molecule has 0 radical (unpaired) electrons. The van der Waals surface area contributed by atoms with Crippen molar-refractivity contribution in [2.45, 2.75) is 13.8 Å². The number of benzene rings is 1. The molecule has 0 saturated carbocycles. The van der Waals surface area contributed by atoms with Crippen molar-refractivity contribution in [3.63, 3.8) is 0 Å². The lowest BCUT2D eigenvalue weighted by Crippen LogP contribution is -1.91. The Balaban J connectivity index is 3.45. The molecule has 0 aliphatic heterocycles. The highest BCUT2D eigenvalue weighted by molar-refractivity contribution is 5.87. The quantitative estimate of drug-likeness (QED) is 0.451. The van der Waals surface area contributed by atoms with Crippen LogP contribution in [0.3, 0.4) is 0 Å². The number of hydrogen-bond acceptors (Lipinski definition) is 4. The summed E-state index contributed by atoms with van der Waals surface area (Å²) in [6.07, 6.45) is 2.01. The Morgan fingerprint density at radius 3 is 2.06 bits per heavy atom.